The second-order valence-corrected chi connectivity index (χ2v) is 7.72. The Morgan fingerprint density at radius 3 is 1.38 bits per heavy atom. The highest BCUT2D eigenvalue weighted by molar-refractivity contribution is 5.71. The largest absolute Gasteiger partial charge is 1.00 e. The Bertz CT molecular complexity index is 852. The SMILES string of the molecule is CCCCCC[n+]1noc(N)c1-c1ccc(-c2c(N)on[n+]2CCCCCC)cc1.[Cl-].[Cl-]. The van der Waals surface area contributed by atoms with Gasteiger partial charge in [-0.1, -0.05) is 39.5 Å². The number of aryl methyl sites for hydroxylation is 2. The number of aromatic nitrogens is 4. The maximum absolute atomic E-state index is 6.07. The minimum Gasteiger partial charge on any atom is -1.00 e. The number of nitrogen functional groups attached to an aromatic ring is 2. The molecule has 0 radical (unpaired) electrons. The van der Waals surface area contributed by atoms with E-state index in [-0.39, 0.29) is 24.8 Å². The zero-order chi connectivity index (χ0) is 21.3. The van der Waals surface area contributed by atoms with E-state index in [0.29, 0.717) is 11.8 Å². The molecule has 0 bridgehead atoms. The zero-order valence-corrected chi connectivity index (χ0v) is 20.4. The first-order valence-electron chi connectivity index (χ1n) is 11.1. The summed E-state index contributed by atoms with van der Waals surface area (Å²) in [4.78, 5) is 0. The number of nitrogens with zero attached hydrogens (tertiary/aromatic N) is 4. The number of rotatable bonds is 12. The van der Waals surface area contributed by atoms with Crippen molar-refractivity contribution in [1.29, 1.82) is 0 Å². The van der Waals surface area contributed by atoms with Gasteiger partial charge in [0.05, 0.1) is 11.1 Å². The van der Waals surface area contributed by atoms with Gasteiger partial charge in [0.25, 0.3) is 0 Å². The number of anilines is 2. The quantitative estimate of drug-likeness (QED) is 0.225. The van der Waals surface area contributed by atoms with Crippen LogP contribution in [-0.2, 0) is 13.1 Å². The van der Waals surface area contributed by atoms with E-state index < -0.39 is 0 Å². The second-order valence-electron chi connectivity index (χ2n) is 7.72. The molecule has 3 rings (SSSR count). The lowest BCUT2D eigenvalue weighted by molar-refractivity contribution is -0.753. The van der Waals surface area contributed by atoms with Crippen molar-refractivity contribution in [2.75, 3.05) is 11.5 Å². The van der Waals surface area contributed by atoms with Gasteiger partial charge in [-0.2, -0.15) is 0 Å². The molecule has 32 heavy (non-hydrogen) atoms. The van der Waals surface area contributed by atoms with Gasteiger partial charge >= 0.3 is 23.2 Å². The summed E-state index contributed by atoms with van der Waals surface area (Å²) < 4.78 is 14.2. The summed E-state index contributed by atoms with van der Waals surface area (Å²) in [5.41, 5.74) is 15.7. The molecule has 178 valence electrons. The van der Waals surface area contributed by atoms with Crippen molar-refractivity contribution in [2.45, 2.75) is 78.3 Å². The molecule has 0 amide bonds. The average molecular weight is 485 g/mol. The summed E-state index contributed by atoms with van der Waals surface area (Å²) >= 11 is 0. The Kier molecular flexibility index (Phi) is 12.1. The van der Waals surface area contributed by atoms with Crippen molar-refractivity contribution in [3.05, 3.63) is 24.3 Å². The fraction of sp³-hybridized carbons (Fsp3) is 0.545. The van der Waals surface area contributed by atoms with Crippen molar-refractivity contribution < 1.29 is 43.2 Å². The Morgan fingerprint density at radius 2 is 1.03 bits per heavy atom. The van der Waals surface area contributed by atoms with Gasteiger partial charge in [0, 0.05) is 12.8 Å². The number of halogens is 2. The van der Waals surface area contributed by atoms with E-state index >= 15 is 0 Å². The van der Waals surface area contributed by atoms with Gasteiger partial charge in [-0.3, -0.25) is 9.05 Å². The van der Waals surface area contributed by atoms with Crippen molar-refractivity contribution >= 4 is 11.8 Å². The van der Waals surface area contributed by atoms with Crippen molar-refractivity contribution in [3.63, 3.8) is 0 Å². The summed E-state index contributed by atoms with van der Waals surface area (Å²) in [5, 5.41) is 8.21. The van der Waals surface area contributed by atoms with Gasteiger partial charge in [0.2, 0.25) is 10.5 Å². The van der Waals surface area contributed by atoms with Crippen LogP contribution in [0.5, 0.6) is 0 Å². The maximum Gasteiger partial charge on any atom is 0.304 e. The van der Waals surface area contributed by atoms with E-state index in [4.69, 9.17) is 20.5 Å². The molecule has 4 N–H and O–H groups in total. The molecule has 2 aromatic heterocycles. The summed E-state index contributed by atoms with van der Waals surface area (Å²) in [5.74, 6) is 0.655. The minimum atomic E-state index is 0. The smallest absolute Gasteiger partial charge is 0.304 e. The molecular formula is C22H34Cl2N6O2. The first-order chi connectivity index (χ1) is 14.7. The average Bonchev–Trinajstić information content (AvgIpc) is 3.31. The van der Waals surface area contributed by atoms with Crippen LogP contribution in [0.1, 0.15) is 65.2 Å². The summed E-state index contributed by atoms with van der Waals surface area (Å²) in [6.45, 7) is 5.97. The molecule has 0 spiro atoms. The fourth-order valence-electron chi connectivity index (χ4n) is 3.66. The number of hydrogen-bond acceptors (Lipinski definition) is 6. The van der Waals surface area contributed by atoms with E-state index in [1.54, 1.807) is 0 Å². The molecule has 0 saturated carbocycles. The van der Waals surface area contributed by atoms with E-state index in [2.05, 4.69) is 24.4 Å². The number of benzene rings is 1. The summed E-state index contributed by atoms with van der Waals surface area (Å²) in [6.07, 6.45) is 9.26. The molecule has 0 aliphatic carbocycles. The molecule has 0 saturated heterocycles. The molecule has 3 aromatic rings. The lowest BCUT2D eigenvalue weighted by Gasteiger charge is -2.00. The summed E-state index contributed by atoms with van der Waals surface area (Å²) in [7, 11) is 0. The van der Waals surface area contributed by atoms with Crippen LogP contribution >= 0.6 is 0 Å². The Morgan fingerprint density at radius 1 is 0.656 bits per heavy atom. The monoisotopic (exact) mass is 484 g/mol. The predicted octanol–water partition coefficient (Wildman–Crippen LogP) is -2.10. The first kappa shape index (κ1) is 27.7. The molecule has 2 heterocycles. The van der Waals surface area contributed by atoms with Crippen LogP contribution in [0.15, 0.2) is 33.3 Å². The minimum absolute atomic E-state index is 0. The summed E-state index contributed by atoms with van der Waals surface area (Å²) in [6, 6.07) is 8.03. The van der Waals surface area contributed by atoms with Crippen LogP contribution in [0.25, 0.3) is 22.5 Å². The molecule has 0 atom stereocenters. The molecule has 0 unspecified atom stereocenters. The molecule has 0 fully saturated rings. The third-order valence-corrected chi connectivity index (χ3v) is 5.34. The van der Waals surface area contributed by atoms with Crippen LogP contribution in [-0.4, -0.2) is 10.5 Å². The van der Waals surface area contributed by atoms with Crippen molar-refractivity contribution in [3.8, 4) is 22.5 Å². The van der Waals surface area contributed by atoms with Crippen molar-refractivity contribution in [1.82, 2.24) is 10.5 Å². The van der Waals surface area contributed by atoms with Crippen LogP contribution in [0.4, 0.5) is 11.8 Å². The molecule has 0 aliphatic heterocycles. The topological polar surface area (TPSA) is 112 Å². The Hall–Kier alpha value is -2.32. The van der Waals surface area contributed by atoms with Crippen LogP contribution in [0.2, 0.25) is 0 Å². The van der Waals surface area contributed by atoms with Gasteiger partial charge in [-0.15, -0.1) is 0 Å². The zero-order valence-electron chi connectivity index (χ0n) is 18.9. The second kappa shape index (κ2) is 14.0. The van der Waals surface area contributed by atoms with Gasteiger partial charge in [-0.25, -0.2) is 0 Å². The van der Waals surface area contributed by atoms with Gasteiger partial charge in [0.1, 0.15) is 0 Å². The normalized spacial score (nSPS) is 10.6. The highest BCUT2D eigenvalue weighted by atomic mass is 35.5. The molecular weight excluding hydrogens is 451 g/mol. The Balaban J connectivity index is 0.00000256. The van der Waals surface area contributed by atoms with Crippen LogP contribution in [0, 0.1) is 0 Å². The van der Waals surface area contributed by atoms with E-state index in [9.17, 15) is 0 Å². The third kappa shape index (κ3) is 6.84. The molecule has 10 heteroatoms. The molecule has 0 aliphatic rings. The van der Waals surface area contributed by atoms with Crippen LogP contribution in [0.3, 0.4) is 0 Å². The highest BCUT2D eigenvalue weighted by Crippen LogP contribution is 2.27. The standard InChI is InChI=1S/C22H33N6O2.2ClH/c1-3-5-7-9-15-27-19(21(23)29-25-27)17-11-13-18(14-12-17)20-22(24)30-26-28(20)16-10-8-6-4-2;;/h11-14,23-25H,3-10,15-16H2,1-2H3;2*1H/q+1;;/p-1. The van der Waals surface area contributed by atoms with Gasteiger partial charge < -0.3 is 36.3 Å². The fourth-order valence-corrected chi connectivity index (χ4v) is 3.66. The lowest BCUT2D eigenvalue weighted by atomic mass is 10.1. The number of nitrogens with two attached hydrogens (primary N) is 2. The van der Waals surface area contributed by atoms with E-state index in [1.165, 1.54) is 38.5 Å². The predicted molar refractivity (Wildman–Crippen MR) is 115 cm³/mol. The lowest BCUT2D eigenvalue weighted by Crippen LogP contribution is -3.00. The van der Waals surface area contributed by atoms with Crippen molar-refractivity contribution in [2.24, 2.45) is 0 Å². The van der Waals surface area contributed by atoms with E-state index in [0.717, 1.165) is 48.4 Å². The first-order valence-corrected chi connectivity index (χ1v) is 11.1. The number of unbranched alkanes of at least 4 members (excludes halogenated alkanes) is 6. The third-order valence-electron chi connectivity index (χ3n) is 5.34. The number of hydrogen-bond donors (Lipinski definition) is 2. The van der Waals surface area contributed by atoms with Crippen LogP contribution < -0.4 is 45.6 Å². The Labute approximate surface area is 202 Å². The molecule has 1 aromatic carbocycles. The van der Waals surface area contributed by atoms with E-state index in [1.807, 2.05) is 33.6 Å². The maximum atomic E-state index is 6.07. The molecule has 8 nitrogen and oxygen atoms in total. The van der Waals surface area contributed by atoms with Gasteiger partial charge in [0.15, 0.2) is 13.1 Å². The van der Waals surface area contributed by atoms with Gasteiger partial charge in [-0.05, 0) is 46.5 Å². The highest BCUT2D eigenvalue weighted by Gasteiger charge is 2.27.